The molecule has 0 fully saturated rings. The van der Waals surface area contributed by atoms with E-state index in [1.807, 2.05) is 0 Å². The molecule has 0 aromatic heterocycles. The Kier molecular flexibility index (Phi) is 6.83. The minimum Gasteiger partial charge on any atom is -0.368 e. The Labute approximate surface area is 128 Å². The molecule has 0 spiro atoms. The third kappa shape index (κ3) is 4.78. The molecule has 0 aromatic carbocycles. The van der Waals surface area contributed by atoms with Gasteiger partial charge in [-0.15, -0.1) is 0 Å². The van der Waals surface area contributed by atoms with Gasteiger partial charge in [0.1, 0.15) is 0 Å². The molecule has 0 amide bonds. The summed E-state index contributed by atoms with van der Waals surface area (Å²) in [6.45, 7) is 0. The second-order valence-electron chi connectivity index (χ2n) is 4.58. The lowest BCUT2D eigenvalue weighted by atomic mass is 10.2. The zero-order chi connectivity index (χ0) is 19.1. The van der Waals surface area contributed by atoms with Crippen molar-refractivity contribution in [1.29, 1.82) is 0 Å². The summed E-state index contributed by atoms with van der Waals surface area (Å²) in [5, 5.41) is 11.1. The fourth-order valence-electron chi connectivity index (χ4n) is 1.48. The van der Waals surface area contributed by atoms with E-state index < -0.39 is 59.8 Å². The highest BCUT2D eigenvalue weighted by Gasteiger charge is 2.61. The predicted octanol–water partition coefficient (Wildman–Crippen LogP) is -1.84. The number of rotatable bonds is 8. The highest BCUT2D eigenvalue weighted by molar-refractivity contribution is 7.72. The lowest BCUT2D eigenvalue weighted by Gasteiger charge is -2.32. The van der Waals surface area contributed by atoms with Crippen molar-refractivity contribution in [1.82, 2.24) is 0 Å². The molecule has 0 aromatic rings. The van der Waals surface area contributed by atoms with Crippen LogP contribution in [0.1, 0.15) is 19.3 Å². The topological polar surface area (TPSA) is 271 Å². The van der Waals surface area contributed by atoms with Crippen molar-refractivity contribution in [3.8, 4) is 0 Å². The molecule has 23 heavy (non-hydrogen) atoms. The van der Waals surface area contributed by atoms with E-state index in [0.29, 0.717) is 0 Å². The first-order valence-electron chi connectivity index (χ1n) is 5.38. The third-order valence-electron chi connectivity index (χ3n) is 2.89. The van der Waals surface area contributed by atoms with Gasteiger partial charge in [0, 0.05) is 12.8 Å². The molecule has 140 valence electrons. The highest BCUT2D eigenvalue weighted by atomic mass is 31.2. The molecule has 0 rings (SSSR count). The predicted molar refractivity (Wildman–Crippen MR) is 71.9 cm³/mol. The lowest BCUT2D eigenvalue weighted by molar-refractivity contribution is 0.0987. The first kappa shape index (κ1) is 23.5. The molecule has 0 radical (unpaired) electrons. The summed E-state index contributed by atoms with van der Waals surface area (Å²) in [4.78, 5) is 70.6. The fraction of sp³-hybridized carbons (Fsp3) is 1.00. The van der Waals surface area contributed by atoms with Gasteiger partial charge < -0.3 is 49.4 Å². The molecule has 0 heterocycles. The molecule has 0 atom stereocenters. The van der Waals surface area contributed by atoms with E-state index in [9.17, 15) is 28.5 Å². The van der Waals surface area contributed by atoms with E-state index in [-0.39, 0.29) is 0 Å². The Balaban J connectivity index is 5.55. The van der Waals surface area contributed by atoms with E-state index in [1.165, 1.54) is 0 Å². The van der Waals surface area contributed by atoms with Crippen molar-refractivity contribution in [3.63, 3.8) is 0 Å². The molecule has 18 heteroatoms. The number of aliphatic hydroxyl groups is 2. The molecule has 0 saturated heterocycles. The second kappa shape index (κ2) is 6.68. The Bertz CT molecular complexity index is 517. The monoisotopic (exact) mass is 424 g/mol. The first-order chi connectivity index (χ1) is 9.71. The van der Waals surface area contributed by atoms with Gasteiger partial charge in [-0.25, -0.2) is 0 Å². The summed E-state index contributed by atoms with van der Waals surface area (Å²) in [5.41, 5.74) is 0. The van der Waals surface area contributed by atoms with E-state index in [2.05, 4.69) is 0 Å². The van der Waals surface area contributed by atoms with E-state index in [1.54, 1.807) is 0 Å². The summed E-state index contributed by atoms with van der Waals surface area (Å²) in [6, 6.07) is 0. The van der Waals surface area contributed by atoms with Gasteiger partial charge in [0.25, 0.3) is 10.2 Å². The molecule has 0 bridgehead atoms. The Hall–Kier alpha value is 0.520. The van der Waals surface area contributed by atoms with Crippen LogP contribution in [0.5, 0.6) is 0 Å². The molecule has 0 saturated carbocycles. The van der Waals surface area contributed by atoms with Gasteiger partial charge in [-0.2, -0.15) is 0 Å². The Morgan fingerprint density at radius 2 is 0.696 bits per heavy atom. The van der Waals surface area contributed by atoms with E-state index >= 15 is 0 Å². The molecule has 0 aliphatic carbocycles. The van der Waals surface area contributed by atoms with Gasteiger partial charge in [0.05, 0.1) is 0 Å². The minimum atomic E-state index is -5.85. The molecule has 0 aliphatic heterocycles. The quantitative estimate of drug-likeness (QED) is 0.192. The molecule has 10 N–H and O–H groups in total. The van der Waals surface area contributed by atoms with Gasteiger partial charge in [-0.1, -0.05) is 0 Å². The van der Waals surface area contributed by atoms with Crippen molar-refractivity contribution in [2.75, 3.05) is 0 Å². The summed E-state index contributed by atoms with van der Waals surface area (Å²) in [7, 11) is -23.4. The Morgan fingerprint density at radius 1 is 0.522 bits per heavy atom. The summed E-state index contributed by atoms with van der Waals surface area (Å²) in [6.07, 6.45) is -4.17. The average molecular weight is 424 g/mol. The van der Waals surface area contributed by atoms with Gasteiger partial charge in [-0.3, -0.25) is 18.3 Å². The lowest BCUT2D eigenvalue weighted by Crippen LogP contribution is -2.32. The standard InChI is InChI=1S/C5H16O14P4/c6-4(20(8,9)10,21(11,12)13)2-1-3-5(7,22(14,15)16)23(17,18)19/h6-7H,1-3H2,(H2,8,9,10)(H2,11,12,13)(H2,14,15,16)(H2,17,18,19). The number of hydrogen-bond acceptors (Lipinski definition) is 6. The maximum absolute atomic E-state index is 11.0. The van der Waals surface area contributed by atoms with Crippen LogP contribution in [0.15, 0.2) is 0 Å². The van der Waals surface area contributed by atoms with Gasteiger partial charge in [0.2, 0.25) is 0 Å². The Morgan fingerprint density at radius 3 is 0.826 bits per heavy atom. The maximum Gasteiger partial charge on any atom is 0.369 e. The zero-order valence-electron chi connectivity index (χ0n) is 11.0. The van der Waals surface area contributed by atoms with E-state index in [4.69, 9.17) is 39.1 Å². The molecule has 0 unspecified atom stereocenters. The SMILES string of the molecule is O=P(O)(O)C(O)(CCCC(O)(P(=O)(O)O)P(=O)(O)O)P(=O)(O)O. The van der Waals surface area contributed by atoms with Gasteiger partial charge in [-0.05, 0) is 6.42 Å². The number of hydrogen-bond donors (Lipinski definition) is 10. The normalized spacial score (nSPS) is 15.7. The van der Waals surface area contributed by atoms with Gasteiger partial charge in [0.15, 0.2) is 0 Å². The van der Waals surface area contributed by atoms with Crippen LogP contribution in [0.2, 0.25) is 0 Å². The first-order valence-corrected chi connectivity index (χ1v) is 11.8. The fourth-order valence-corrected chi connectivity index (χ4v) is 6.00. The van der Waals surface area contributed by atoms with Crippen molar-refractivity contribution in [2.45, 2.75) is 29.4 Å². The average Bonchev–Trinajstić information content (AvgIpc) is 2.22. The van der Waals surface area contributed by atoms with Crippen LogP contribution >= 0.6 is 30.4 Å². The second-order valence-corrected chi connectivity index (χ2v) is 12.6. The molecule has 14 nitrogen and oxygen atoms in total. The molecular weight excluding hydrogens is 408 g/mol. The van der Waals surface area contributed by atoms with Crippen molar-refractivity contribution >= 4 is 30.4 Å². The smallest absolute Gasteiger partial charge is 0.368 e. The van der Waals surface area contributed by atoms with E-state index in [0.717, 1.165) is 0 Å². The van der Waals surface area contributed by atoms with Crippen molar-refractivity contribution < 1.29 is 67.6 Å². The van der Waals surface area contributed by atoms with Crippen molar-refractivity contribution in [2.24, 2.45) is 0 Å². The summed E-state index contributed by atoms with van der Waals surface area (Å²) in [5.74, 6) is 0. The summed E-state index contributed by atoms with van der Waals surface area (Å²) >= 11 is 0. The molecular formula is C5H16O14P4. The third-order valence-corrected chi connectivity index (χ3v) is 10.6. The maximum atomic E-state index is 11.0. The van der Waals surface area contributed by atoms with Crippen molar-refractivity contribution in [3.05, 3.63) is 0 Å². The van der Waals surface area contributed by atoms with Gasteiger partial charge >= 0.3 is 30.4 Å². The van der Waals surface area contributed by atoms with Crippen LogP contribution in [-0.2, 0) is 18.3 Å². The van der Waals surface area contributed by atoms with Crippen LogP contribution in [-0.4, -0.2) is 59.5 Å². The molecule has 0 aliphatic rings. The minimum absolute atomic E-state index is 1.15. The largest absolute Gasteiger partial charge is 0.369 e. The van der Waals surface area contributed by atoms with Crippen LogP contribution in [0.4, 0.5) is 0 Å². The zero-order valence-corrected chi connectivity index (χ0v) is 14.6. The highest BCUT2D eigenvalue weighted by Crippen LogP contribution is 2.72. The van der Waals surface area contributed by atoms with Crippen LogP contribution in [0.25, 0.3) is 0 Å². The van der Waals surface area contributed by atoms with Crippen LogP contribution in [0.3, 0.4) is 0 Å². The van der Waals surface area contributed by atoms with Crippen LogP contribution in [0, 0.1) is 0 Å². The summed E-state index contributed by atoms with van der Waals surface area (Å²) < 4.78 is 44.1. The van der Waals surface area contributed by atoms with Crippen LogP contribution < -0.4 is 0 Å².